The van der Waals surface area contributed by atoms with Crippen molar-refractivity contribution in [2.75, 3.05) is 36.5 Å². The van der Waals surface area contributed by atoms with Gasteiger partial charge in [0.25, 0.3) is 0 Å². The summed E-state index contributed by atoms with van der Waals surface area (Å²) in [6.45, 7) is 10.3. The van der Waals surface area contributed by atoms with Gasteiger partial charge in [0.2, 0.25) is 0 Å². The van der Waals surface area contributed by atoms with E-state index >= 15 is 0 Å². The molecule has 2 aromatic rings. The fourth-order valence-electron chi connectivity index (χ4n) is 4.75. The van der Waals surface area contributed by atoms with Crippen molar-refractivity contribution in [3.05, 3.63) is 29.4 Å². The van der Waals surface area contributed by atoms with Gasteiger partial charge in [0.05, 0.1) is 35.3 Å². The second kappa shape index (κ2) is 12.6. The van der Waals surface area contributed by atoms with Gasteiger partial charge in [0, 0.05) is 48.2 Å². The Bertz CT molecular complexity index is 1060. The highest BCUT2D eigenvalue weighted by atomic mass is 32.1. The molecule has 2 fully saturated rings. The van der Waals surface area contributed by atoms with Crippen molar-refractivity contribution in [1.82, 2.24) is 10.3 Å². The molecule has 2 heterocycles. The summed E-state index contributed by atoms with van der Waals surface area (Å²) in [4.78, 5) is 32.3. The van der Waals surface area contributed by atoms with Crippen LogP contribution in [-0.4, -0.2) is 61.7 Å². The number of hydrogen-bond donors (Lipinski definition) is 2. The average Bonchev–Trinajstić information content (AvgIpc) is 3.34. The van der Waals surface area contributed by atoms with Crippen LogP contribution in [0, 0.1) is 0 Å². The second-order valence-corrected chi connectivity index (χ2v) is 11.2. The Labute approximate surface area is 222 Å². The zero-order valence-electron chi connectivity index (χ0n) is 22.1. The molecule has 0 radical (unpaired) electrons. The van der Waals surface area contributed by atoms with Crippen LogP contribution in [0.5, 0.6) is 0 Å². The molecule has 202 valence electrons. The number of thiazole rings is 1. The van der Waals surface area contributed by atoms with Gasteiger partial charge in [0.1, 0.15) is 0 Å². The molecule has 1 aromatic carbocycles. The minimum absolute atomic E-state index is 0.119. The van der Waals surface area contributed by atoms with Crippen LogP contribution in [0.3, 0.4) is 0 Å². The molecule has 10 heteroatoms. The van der Waals surface area contributed by atoms with Gasteiger partial charge in [0.15, 0.2) is 0 Å². The predicted octanol–water partition coefficient (Wildman–Crippen LogP) is 5.76. The first-order valence-electron chi connectivity index (χ1n) is 13.2. The predicted molar refractivity (Wildman–Crippen MR) is 146 cm³/mol. The number of hydrogen-bond acceptors (Lipinski definition) is 8. The zero-order chi connectivity index (χ0) is 26.4. The summed E-state index contributed by atoms with van der Waals surface area (Å²) in [6.07, 6.45) is 4.66. The van der Waals surface area contributed by atoms with Gasteiger partial charge in [-0.15, -0.1) is 11.3 Å². The lowest BCUT2D eigenvalue weighted by Gasteiger charge is -2.31. The van der Waals surface area contributed by atoms with E-state index < -0.39 is 6.09 Å². The number of aromatic nitrogens is 1. The van der Waals surface area contributed by atoms with Gasteiger partial charge in [-0.05, 0) is 71.6 Å². The zero-order valence-corrected chi connectivity index (χ0v) is 22.9. The number of anilines is 2. The molecular formula is C27H38N4O5S. The third kappa shape index (κ3) is 7.58. The van der Waals surface area contributed by atoms with Crippen molar-refractivity contribution >= 4 is 34.9 Å². The van der Waals surface area contributed by atoms with Crippen LogP contribution < -0.4 is 15.5 Å². The highest BCUT2D eigenvalue weighted by Crippen LogP contribution is 2.41. The van der Waals surface area contributed by atoms with Crippen LogP contribution in [0.4, 0.5) is 21.0 Å². The van der Waals surface area contributed by atoms with Crippen molar-refractivity contribution in [2.45, 2.75) is 77.5 Å². The molecule has 1 aliphatic carbocycles. The lowest BCUT2D eigenvalue weighted by Crippen LogP contribution is -2.38. The Morgan fingerprint density at radius 1 is 1.03 bits per heavy atom. The van der Waals surface area contributed by atoms with E-state index in [1.807, 2.05) is 52.1 Å². The fourth-order valence-corrected chi connectivity index (χ4v) is 5.87. The maximum absolute atomic E-state index is 12.2. The molecule has 1 aliphatic heterocycles. The van der Waals surface area contributed by atoms with E-state index in [-0.39, 0.29) is 24.3 Å². The number of amides is 2. The lowest BCUT2D eigenvalue weighted by atomic mass is 9.86. The van der Waals surface area contributed by atoms with E-state index in [9.17, 15) is 9.59 Å². The fraction of sp³-hybridized carbons (Fsp3) is 0.593. The Kier molecular flexibility index (Phi) is 9.26. The number of morpholine rings is 1. The van der Waals surface area contributed by atoms with Crippen LogP contribution in [-0.2, 0) is 14.2 Å². The number of nitrogens with one attached hydrogen (secondary N) is 2. The van der Waals surface area contributed by atoms with Crippen LogP contribution in [0.15, 0.2) is 24.4 Å². The topological polar surface area (TPSA) is 102 Å². The lowest BCUT2D eigenvalue weighted by molar-refractivity contribution is 0.109. The molecule has 2 aliphatic rings. The molecule has 4 rings (SSSR count). The van der Waals surface area contributed by atoms with Crippen LogP contribution in [0.1, 0.15) is 64.3 Å². The van der Waals surface area contributed by atoms with Gasteiger partial charge in [-0.25, -0.2) is 14.6 Å². The highest BCUT2D eigenvalue weighted by Gasteiger charge is 2.27. The second-order valence-electron chi connectivity index (χ2n) is 10.1. The summed E-state index contributed by atoms with van der Waals surface area (Å²) < 4.78 is 16.0. The molecule has 0 unspecified atom stereocenters. The normalized spacial score (nSPS) is 20.1. The van der Waals surface area contributed by atoms with Crippen LogP contribution in [0.25, 0.3) is 10.4 Å². The Balaban J connectivity index is 1.46. The Hall–Kier alpha value is -2.85. The number of rotatable bonds is 7. The van der Waals surface area contributed by atoms with Gasteiger partial charge in [-0.3, -0.25) is 5.32 Å². The van der Waals surface area contributed by atoms with Crippen molar-refractivity contribution in [3.8, 4) is 10.4 Å². The van der Waals surface area contributed by atoms with Gasteiger partial charge in [-0.2, -0.15) is 0 Å². The van der Waals surface area contributed by atoms with Crippen LogP contribution >= 0.6 is 11.3 Å². The number of alkyl carbamates (subject to hydrolysis) is 1. The summed E-state index contributed by atoms with van der Waals surface area (Å²) in [5.74, 6) is 0.386. The molecule has 2 N–H and O–H groups in total. The van der Waals surface area contributed by atoms with Crippen molar-refractivity contribution in [2.24, 2.45) is 0 Å². The molecule has 1 aromatic heterocycles. The van der Waals surface area contributed by atoms with E-state index in [1.54, 1.807) is 11.3 Å². The minimum Gasteiger partial charge on any atom is -0.447 e. The number of carbonyl (C=O) groups excluding carboxylic acids is 2. The average molecular weight is 531 g/mol. The SMILES string of the molecule is CC(C)OC(=O)Nc1ccc(-c2cnc([C@H]3CC[C@H](NC(=O)OC(C)C)CC3)s2)c(N2CCOCC2)c1. The van der Waals surface area contributed by atoms with E-state index in [0.29, 0.717) is 24.8 Å². The molecule has 0 bridgehead atoms. The smallest absolute Gasteiger partial charge is 0.411 e. The summed E-state index contributed by atoms with van der Waals surface area (Å²) in [7, 11) is 0. The molecule has 0 atom stereocenters. The monoisotopic (exact) mass is 530 g/mol. The third-order valence-electron chi connectivity index (χ3n) is 6.47. The maximum Gasteiger partial charge on any atom is 0.411 e. The van der Waals surface area contributed by atoms with Crippen molar-refractivity contribution in [1.29, 1.82) is 0 Å². The summed E-state index contributed by atoms with van der Waals surface area (Å²) in [5, 5.41) is 6.97. The first-order chi connectivity index (χ1) is 17.8. The van der Waals surface area contributed by atoms with E-state index in [0.717, 1.165) is 59.9 Å². The molecule has 1 saturated heterocycles. The van der Waals surface area contributed by atoms with Gasteiger partial charge >= 0.3 is 12.2 Å². The quantitative estimate of drug-likeness (QED) is 0.469. The Morgan fingerprint density at radius 3 is 2.38 bits per heavy atom. The first kappa shape index (κ1) is 27.2. The van der Waals surface area contributed by atoms with Gasteiger partial charge < -0.3 is 24.4 Å². The van der Waals surface area contributed by atoms with E-state index in [1.165, 1.54) is 0 Å². The van der Waals surface area contributed by atoms with E-state index in [4.69, 9.17) is 19.2 Å². The van der Waals surface area contributed by atoms with Crippen molar-refractivity contribution < 1.29 is 23.8 Å². The molecule has 37 heavy (non-hydrogen) atoms. The molecule has 1 saturated carbocycles. The molecule has 9 nitrogen and oxygen atoms in total. The van der Waals surface area contributed by atoms with E-state index in [2.05, 4.69) is 15.5 Å². The standard InChI is InChI=1S/C27H38N4O5S/c1-17(2)35-26(32)29-20-7-5-19(6-8-20)25-28-16-24(37-25)22-10-9-21(30-27(33)36-18(3)4)15-23(22)31-11-13-34-14-12-31/h9-10,15-20H,5-8,11-14H2,1-4H3,(H,29,32)(H,30,33)/t19-,20-. The molecule has 2 amide bonds. The third-order valence-corrected chi connectivity index (χ3v) is 7.66. The highest BCUT2D eigenvalue weighted by molar-refractivity contribution is 7.15. The summed E-state index contributed by atoms with van der Waals surface area (Å²) in [5.41, 5.74) is 2.85. The summed E-state index contributed by atoms with van der Waals surface area (Å²) in [6, 6.07) is 6.12. The number of ether oxygens (including phenoxy) is 3. The molecular weight excluding hydrogens is 492 g/mol. The minimum atomic E-state index is -0.460. The first-order valence-corrected chi connectivity index (χ1v) is 14.0. The Morgan fingerprint density at radius 2 is 1.70 bits per heavy atom. The van der Waals surface area contributed by atoms with Crippen LogP contribution in [0.2, 0.25) is 0 Å². The van der Waals surface area contributed by atoms with Gasteiger partial charge in [-0.1, -0.05) is 0 Å². The largest absolute Gasteiger partial charge is 0.447 e. The van der Waals surface area contributed by atoms with Crippen molar-refractivity contribution in [3.63, 3.8) is 0 Å². The molecule has 0 spiro atoms. The summed E-state index contributed by atoms with van der Waals surface area (Å²) >= 11 is 1.73. The number of benzene rings is 1. The maximum atomic E-state index is 12.2. The number of carbonyl (C=O) groups is 2. The number of nitrogens with zero attached hydrogens (tertiary/aromatic N) is 2.